The molecule has 1 aliphatic rings. The van der Waals surface area contributed by atoms with Gasteiger partial charge in [0, 0.05) is 12.7 Å². The minimum atomic E-state index is -1.74. The SMILES string of the molecule is NC[C@H]1O[C@@H](n2cc(I)c(N)nc2=O)[C@@H](F)[C@@H]1O. The molecular weight excluding hydrogens is 358 g/mol. The Morgan fingerprint density at radius 1 is 1.67 bits per heavy atom. The van der Waals surface area contributed by atoms with E-state index in [1.54, 1.807) is 0 Å². The molecule has 0 unspecified atom stereocenters. The number of nitrogen functional groups attached to an aromatic ring is 1. The molecule has 1 aromatic heterocycles. The van der Waals surface area contributed by atoms with Gasteiger partial charge in [0.25, 0.3) is 0 Å². The Kier molecular flexibility index (Phi) is 3.84. The van der Waals surface area contributed by atoms with Crippen molar-refractivity contribution in [2.45, 2.75) is 24.6 Å². The molecule has 0 spiro atoms. The lowest BCUT2D eigenvalue weighted by Crippen LogP contribution is -2.34. The lowest BCUT2D eigenvalue weighted by Gasteiger charge is -2.16. The number of anilines is 1. The highest BCUT2D eigenvalue weighted by Gasteiger charge is 2.45. The van der Waals surface area contributed by atoms with Crippen LogP contribution in [-0.2, 0) is 4.74 Å². The van der Waals surface area contributed by atoms with Crippen molar-refractivity contribution in [2.75, 3.05) is 12.3 Å². The van der Waals surface area contributed by atoms with Crippen LogP contribution in [-0.4, -0.2) is 39.6 Å². The Morgan fingerprint density at radius 3 is 2.89 bits per heavy atom. The lowest BCUT2D eigenvalue weighted by atomic mass is 10.1. The summed E-state index contributed by atoms with van der Waals surface area (Å²) in [7, 11) is 0. The molecule has 2 rings (SSSR count). The molecule has 100 valence electrons. The van der Waals surface area contributed by atoms with Crippen molar-refractivity contribution in [3.8, 4) is 0 Å². The second-order valence-electron chi connectivity index (χ2n) is 3.90. The summed E-state index contributed by atoms with van der Waals surface area (Å²) in [5.41, 5.74) is 10.1. The minimum absolute atomic E-state index is 0.0354. The quantitative estimate of drug-likeness (QED) is 0.575. The zero-order valence-corrected chi connectivity index (χ0v) is 11.3. The molecule has 1 saturated heterocycles. The molecule has 18 heavy (non-hydrogen) atoms. The van der Waals surface area contributed by atoms with Crippen LogP contribution < -0.4 is 17.2 Å². The number of alkyl halides is 1. The maximum atomic E-state index is 13.9. The Morgan fingerprint density at radius 2 is 2.33 bits per heavy atom. The average molecular weight is 370 g/mol. The summed E-state index contributed by atoms with van der Waals surface area (Å²) in [5.74, 6) is 0.0705. The maximum absolute atomic E-state index is 13.9. The van der Waals surface area contributed by atoms with Crippen molar-refractivity contribution < 1.29 is 14.2 Å². The van der Waals surface area contributed by atoms with Crippen LogP contribution >= 0.6 is 22.6 Å². The molecule has 4 atom stereocenters. The first-order valence-electron chi connectivity index (χ1n) is 5.17. The highest BCUT2D eigenvalue weighted by atomic mass is 127. The summed E-state index contributed by atoms with van der Waals surface area (Å²) < 4.78 is 20.6. The van der Waals surface area contributed by atoms with Crippen LogP contribution in [0.25, 0.3) is 0 Å². The third kappa shape index (κ3) is 2.22. The fraction of sp³-hybridized carbons (Fsp3) is 0.556. The molecule has 0 amide bonds. The van der Waals surface area contributed by atoms with Crippen LogP contribution in [0.15, 0.2) is 11.0 Å². The average Bonchev–Trinajstić information content (AvgIpc) is 2.61. The van der Waals surface area contributed by atoms with E-state index in [-0.39, 0.29) is 12.4 Å². The van der Waals surface area contributed by atoms with E-state index in [9.17, 15) is 14.3 Å². The summed E-state index contributed by atoms with van der Waals surface area (Å²) in [6, 6.07) is 0. The smallest absolute Gasteiger partial charge is 0.351 e. The van der Waals surface area contributed by atoms with Gasteiger partial charge in [-0.15, -0.1) is 0 Å². The van der Waals surface area contributed by atoms with Gasteiger partial charge in [0.15, 0.2) is 12.4 Å². The standard InChI is InChI=1S/C9H12FIN4O3/c10-5-6(16)4(1-12)18-8(5)15-2-3(11)7(13)14-9(15)17/h2,4-6,8,16H,1,12H2,(H2,13,14,17)/t4-,5+,6-,8-/m1/s1. The van der Waals surface area contributed by atoms with Crippen LogP contribution in [0.1, 0.15) is 6.23 Å². The van der Waals surface area contributed by atoms with Crippen molar-refractivity contribution in [2.24, 2.45) is 5.73 Å². The Labute approximate surface area is 115 Å². The highest BCUT2D eigenvalue weighted by molar-refractivity contribution is 14.1. The van der Waals surface area contributed by atoms with E-state index in [0.29, 0.717) is 3.57 Å². The molecule has 0 saturated carbocycles. The molecule has 0 bridgehead atoms. The van der Waals surface area contributed by atoms with Gasteiger partial charge in [-0.3, -0.25) is 4.57 Å². The normalized spacial score (nSPS) is 31.8. The fourth-order valence-corrected chi connectivity index (χ4v) is 2.18. The van der Waals surface area contributed by atoms with Crippen molar-refractivity contribution >= 4 is 28.4 Å². The second kappa shape index (κ2) is 5.07. The first kappa shape index (κ1) is 13.6. The van der Waals surface area contributed by atoms with E-state index < -0.39 is 30.3 Å². The number of hydrogen-bond donors (Lipinski definition) is 3. The largest absolute Gasteiger partial charge is 0.387 e. The number of aliphatic hydroxyl groups excluding tert-OH is 1. The van der Waals surface area contributed by atoms with Gasteiger partial charge in [0.05, 0.1) is 3.57 Å². The van der Waals surface area contributed by atoms with Crippen molar-refractivity contribution in [1.29, 1.82) is 0 Å². The van der Waals surface area contributed by atoms with Gasteiger partial charge in [-0.25, -0.2) is 9.18 Å². The van der Waals surface area contributed by atoms with Crippen LogP contribution in [0.5, 0.6) is 0 Å². The van der Waals surface area contributed by atoms with Crippen molar-refractivity contribution in [3.05, 3.63) is 20.3 Å². The van der Waals surface area contributed by atoms with Gasteiger partial charge in [-0.1, -0.05) is 0 Å². The van der Waals surface area contributed by atoms with E-state index in [1.165, 1.54) is 6.20 Å². The first-order valence-corrected chi connectivity index (χ1v) is 6.25. The molecular formula is C9H12FIN4O3. The van der Waals surface area contributed by atoms with E-state index in [4.69, 9.17) is 16.2 Å². The number of hydrogen-bond acceptors (Lipinski definition) is 6. The fourth-order valence-electron chi connectivity index (χ4n) is 1.76. The predicted octanol–water partition coefficient (Wildman–Crippen LogP) is -1.01. The number of ether oxygens (including phenoxy) is 1. The van der Waals surface area contributed by atoms with E-state index in [1.807, 2.05) is 22.6 Å². The predicted molar refractivity (Wildman–Crippen MR) is 69.5 cm³/mol. The number of nitrogens with two attached hydrogens (primary N) is 2. The number of halogens is 2. The van der Waals surface area contributed by atoms with Gasteiger partial charge >= 0.3 is 5.69 Å². The Balaban J connectivity index is 2.39. The third-order valence-corrected chi connectivity index (χ3v) is 3.57. The van der Waals surface area contributed by atoms with Crippen LogP contribution in [0.3, 0.4) is 0 Å². The zero-order chi connectivity index (χ0) is 13.4. The van der Waals surface area contributed by atoms with Gasteiger partial charge in [0.1, 0.15) is 18.0 Å². The molecule has 1 fully saturated rings. The summed E-state index contributed by atoms with van der Waals surface area (Å²) in [6.45, 7) is -0.0354. The topological polar surface area (TPSA) is 116 Å². The zero-order valence-electron chi connectivity index (χ0n) is 9.16. The molecule has 1 aliphatic heterocycles. The number of rotatable bonds is 2. The van der Waals surface area contributed by atoms with Crippen molar-refractivity contribution in [3.63, 3.8) is 0 Å². The molecule has 1 aromatic rings. The monoisotopic (exact) mass is 370 g/mol. The Bertz CT molecular complexity index is 511. The molecule has 9 heteroatoms. The van der Waals surface area contributed by atoms with E-state index in [0.717, 1.165) is 4.57 Å². The van der Waals surface area contributed by atoms with E-state index >= 15 is 0 Å². The van der Waals surface area contributed by atoms with E-state index in [2.05, 4.69) is 4.98 Å². The molecule has 5 N–H and O–H groups in total. The maximum Gasteiger partial charge on any atom is 0.351 e. The van der Waals surface area contributed by atoms with Gasteiger partial charge in [0.2, 0.25) is 0 Å². The third-order valence-electron chi connectivity index (χ3n) is 2.73. The van der Waals surface area contributed by atoms with Crippen LogP contribution in [0, 0.1) is 3.57 Å². The summed E-state index contributed by atoms with van der Waals surface area (Å²) >= 11 is 1.87. The minimum Gasteiger partial charge on any atom is -0.387 e. The summed E-state index contributed by atoms with van der Waals surface area (Å²) in [5, 5.41) is 9.56. The van der Waals surface area contributed by atoms with Gasteiger partial charge in [-0.05, 0) is 22.6 Å². The molecule has 7 nitrogen and oxygen atoms in total. The molecule has 0 radical (unpaired) electrons. The van der Waals surface area contributed by atoms with Crippen molar-refractivity contribution in [1.82, 2.24) is 9.55 Å². The molecule has 2 heterocycles. The highest BCUT2D eigenvalue weighted by Crippen LogP contribution is 2.30. The lowest BCUT2D eigenvalue weighted by molar-refractivity contribution is -0.0225. The second-order valence-corrected chi connectivity index (χ2v) is 5.06. The first-order chi connectivity index (χ1) is 8.45. The number of nitrogens with zero attached hydrogens (tertiary/aromatic N) is 2. The number of aromatic nitrogens is 2. The number of aliphatic hydroxyl groups is 1. The van der Waals surface area contributed by atoms with Crippen LogP contribution in [0.4, 0.5) is 10.2 Å². The summed E-state index contributed by atoms with van der Waals surface area (Å²) in [4.78, 5) is 15.2. The molecule has 0 aliphatic carbocycles. The Hall–Kier alpha value is -0.780. The van der Waals surface area contributed by atoms with Gasteiger partial charge < -0.3 is 21.3 Å². The van der Waals surface area contributed by atoms with Gasteiger partial charge in [-0.2, -0.15) is 4.98 Å². The molecule has 0 aromatic carbocycles. The summed E-state index contributed by atoms with van der Waals surface area (Å²) in [6.07, 6.45) is -3.83. The van der Waals surface area contributed by atoms with Crippen LogP contribution in [0.2, 0.25) is 0 Å².